The molecule has 0 rings (SSSR count). The molecule has 0 bridgehead atoms. The lowest BCUT2D eigenvalue weighted by Crippen LogP contribution is -2.29. The van der Waals surface area contributed by atoms with E-state index in [1.54, 1.807) is 0 Å². The van der Waals surface area contributed by atoms with Crippen molar-refractivity contribution in [3.63, 3.8) is 0 Å². The average Bonchev–Trinajstić information content (AvgIpc) is 3.26. The fourth-order valence-corrected chi connectivity index (χ4v) is 7.85. The summed E-state index contributed by atoms with van der Waals surface area (Å²) in [5.74, 6) is -0.344. The van der Waals surface area contributed by atoms with Crippen LogP contribution in [0.15, 0.2) is 36.5 Å². The van der Waals surface area contributed by atoms with E-state index in [0.717, 1.165) is 70.6 Å². The van der Waals surface area contributed by atoms with Crippen molar-refractivity contribution >= 4 is 11.9 Å². The number of hydrogen-bond acceptors (Lipinski definition) is 5. The normalized spacial score (nSPS) is 12.4. The second kappa shape index (κ2) is 52.5. The van der Waals surface area contributed by atoms with Crippen molar-refractivity contribution in [2.24, 2.45) is 0 Å². The van der Waals surface area contributed by atoms with Crippen LogP contribution < -0.4 is 0 Å². The van der Waals surface area contributed by atoms with Crippen LogP contribution >= 0.6 is 0 Å². The molecular formula is C56H104O5. The molecule has 0 unspecified atom stereocenters. The van der Waals surface area contributed by atoms with Crippen molar-refractivity contribution in [1.29, 1.82) is 0 Å². The highest BCUT2D eigenvalue weighted by atomic mass is 16.6. The number of carbonyl (C=O) groups is 2. The number of hydrogen-bond donors (Lipinski definition) is 0. The highest BCUT2D eigenvalue weighted by Gasteiger charge is 2.16. The third-order valence-electron chi connectivity index (χ3n) is 12.0. The number of carbonyl (C=O) groups excluding carboxylic acids is 2. The lowest BCUT2D eigenvalue weighted by Gasteiger charge is -2.18. The van der Waals surface area contributed by atoms with E-state index >= 15 is 0 Å². The summed E-state index contributed by atoms with van der Waals surface area (Å²) in [7, 11) is 0. The second-order valence-corrected chi connectivity index (χ2v) is 18.1. The Morgan fingerprint density at radius 3 is 1.00 bits per heavy atom. The van der Waals surface area contributed by atoms with Gasteiger partial charge in [0.25, 0.3) is 0 Å². The predicted octanol–water partition coefficient (Wildman–Crippen LogP) is 18.2. The molecule has 0 aromatic rings. The van der Waals surface area contributed by atoms with Gasteiger partial charge in [-0.2, -0.15) is 0 Å². The Morgan fingerprint density at radius 2 is 0.623 bits per heavy atom. The smallest absolute Gasteiger partial charge is 0.305 e. The van der Waals surface area contributed by atoms with Crippen LogP contribution in [0.1, 0.15) is 284 Å². The van der Waals surface area contributed by atoms with Gasteiger partial charge in [0.15, 0.2) is 0 Å². The first-order valence-electron chi connectivity index (χ1n) is 27.0. The minimum Gasteiger partial charge on any atom is -0.463 e. The number of ether oxygens (including phenoxy) is 3. The van der Waals surface area contributed by atoms with Gasteiger partial charge in [-0.15, -0.1) is 0 Å². The van der Waals surface area contributed by atoms with Gasteiger partial charge >= 0.3 is 11.9 Å². The molecule has 0 N–H and O–H groups in total. The molecule has 0 amide bonds. The minimum atomic E-state index is -0.403. The highest BCUT2D eigenvalue weighted by Crippen LogP contribution is 2.16. The van der Waals surface area contributed by atoms with Gasteiger partial charge in [-0.05, 0) is 57.8 Å². The number of esters is 2. The molecular weight excluding hydrogens is 753 g/mol. The Kier molecular flexibility index (Phi) is 50.8. The molecule has 0 spiro atoms. The zero-order valence-corrected chi connectivity index (χ0v) is 41.2. The Labute approximate surface area is 380 Å². The Bertz CT molecular complexity index is 970. The van der Waals surface area contributed by atoms with E-state index in [9.17, 15) is 9.59 Å². The van der Waals surface area contributed by atoms with Crippen molar-refractivity contribution in [3.05, 3.63) is 36.5 Å². The molecule has 1 atom stereocenters. The third-order valence-corrected chi connectivity index (χ3v) is 12.0. The van der Waals surface area contributed by atoms with Crippen LogP contribution in [0.25, 0.3) is 0 Å². The van der Waals surface area contributed by atoms with Crippen LogP contribution in [0, 0.1) is 0 Å². The van der Waals surface area contributed by atoms with Crippen LogP contribution in [0.3, 0.4) is 0 Å². The molecule has 0 saturated carbocycles. The van der Waals surface area contributed by atoms with Gasteiger partial charge in [0.05, 0.1) is 0 Å². The van der Waals surface area contributed by atoms with E-state index in [4.69, 9.17) is 14.2 Å². The van der Waals surface area contributed by atoms with Gasteiger partial charge in [0.2, 0.25) is 0 Å². The number of unbranched alkanes of at least 4 members (excludes halogenated alkanes) is 33. The Morgan fingerprint density at radius 1 is 0.344 bits per heavy atom. The van der Waals surface area contributed by atoms with Crippen LogP contribution in [0.4, 0.5) is 0 Å². The first kappa shape index (κ1) is 59.1. The van der Waals surface area contributed by atoms with E-state index in [1.165, 1.54) is 180 Å². The van der Waals surface area contributed by atoms with Crippen LogP contribution in [-0.2, 0) is 23.8 Å². The largest absolute Gasteiger partial charge is 0.463 e. The minimum absolute atomic E-state index is 0.151. The molecule has 0 aromatic heterocycles. The SMILES string of the molecule is CCCCC/C=C\C/C=C\C/C=C\CCCCCCC(=O)OC[C@H](COC(=O)CCCCCCCCCCCCCC)OCCCCCCCCCCCCCCCCCC. The average molecular weight is 857 g/mol. The summed E-state index contributed by atoms with van der Waals surface area (Å²) in [5, 5.41) is 0. The topological polar surface area (TPSA) is 61.8 Å². The Hall–Kier alpha value is -1.88. The fraction of sp³-hybridized carbons (Fsp3) is 0.857. The molecule has 0 heterocycles. The zero-order chi connectivity index (χ0) is 44.2. The molecule has 0 radical (unpaired) electrons. The molecule has 5 heteroatoms. The summed E-state index contributed by atoms with van der Waals surface area (Å²) >= 11 is 0. The predicted molar refractivity (Wildman–Crippen MR) is 265 cm³/mol. The van der Waals surface area contributed by atoms with Crippen LogP contribution in [0.2, 0.25) is 0 Å². The maximum absolute atomic E-state index is 12.6. The molecule has 0 aliphatic rings. The standard InChI is InChI=1S/C56H104O5/c1-4-7-10-13-16-19-22-25-27-29-30-32-35-38-41-44-47-50-56(58)61-53-54(52-60-55(57)49-46-43-40-37-34-24-21-18-15-12-9-6-3)59-51-48-45-42-39-36-33-31-28-26-23-20-17-14-11-8-5-2/h16,19,25,27,30,32,54H,4-15,17-18,20-24,26,28-29,31,33-53H2,1-3H3/b19-16-,27-25-,32-30-/t54-/m0/s1. The van der Waals surface area contributed by atoms with E-state index in [2.05, 4.69) is 57.2 Å². The molecule has 61 heavy (non-hydrogen) atoms. The lowest BCUT2D eigenvalue weighted by molar-refractivity contribution is -0.155. The van der Waals surface area contributed by atoms with Gasteiger partial charge < -0.3 is 14.2 Å². The van der Waals surface area contributed by atoms with Gasteiger partial charge in [0.1, 0.15) is 19.3 Å². The first-order valence-corrected chi connectivity index (χ1v) is 27.0. The van der Waals surface area contributed by atoms with Gasteiger partial charge in [0, 0.05) is 19.4 Å². The summed E-state index contributed by atoms with van der Waals surface area (Å²) in [6, 6.07) is 0. The molecule has 0 saturated heterocycles. The van der Waals surface area contributed by atoms with E-state index < -0.39 is 6.10 Å². The first-order chi connectivity index (χ1) is 30.1. The van der Waals surface area contributed by atoms with E-state index in [0.29, 0.717) is 19.4 Å². The van der Waals surface area contributed by atoms with Gasteiger partial charge in [-0.25, -0.2) is 0 Å². The van der Waals surface area contributed by atoms with Crippen LogP contribution in [0.5, 0.6) is 0 Å². The monoisotopic (exact) mass is 857 g/mol. The Balaban J connectivity index is 4.25. The van der Waals surface area contributed by atoms with Crippen molar-refractivity contribution in [3.8, 4) is 0 Å². The van der Waals surface area contributed by atoms with Crippen molar-refractivity contribution < 1.29 is 23.8 Å². The molecule has 0 fully saturated rings. The second-order valence-electron chi connectivity index (χ2n) is 18.1. The van der Waals surface area contributed by atoms with Crippen molar-refractivity contribution in [2.75, 3.05) is 19.8 Å². The summed E-state index contributed by atoms with van der Waals surface area (Å²) in [4.78, 5) is 25.2. The third kappa shape index (κ3) is 50.6. The summed E-state index contributed by atoms with van der Waals surface area (Å²) in [6.45, 7) is 7.72. The molecule has 0 aliphatic heterocycles. The lowest BCUT2D eigenvalue weighted by atomic mass is 10.0. The van der Waals surface area contributed by atoms with Crippen LogP contribution in [-0.4, -0.2) is 37.9 Å². The van der Waals surface area contributed by atoms with E-state index in [-0.39, 0.29) is 25.2 Å². The maximum atomic E-state index is 12.6. The van der Waals surface area contributed by atoms with Gasteiger partial charge in [-0.1, -0.05) is 250 Å². The zero-order valence-electron chi connectivity index (χ0n) is 41.2. The molecule has 5 nitrogen and oxygen atoms in total. The maximum Gasteiger partial charge on any atom is 0.305 e. The highest BCUT2D eigenvalue weighted by molar-refractivity contribution is 5.69. The number of allylic oxidation sites excluding steroid dienone is 6. The van der Waals surface area contributed by atoms with E-state index in [1.807, 2.05) is 0 Å². The molecule has 0 aromatic carbocycles. The fourth-order valence-electron chi connectivity index (χ4n) is 7.85. The molecule has 0 aliphatic carbocycles. The quantitative estimate of drug-likeness (QED) is 0.0346. The summed E-state index contributed by atoms with van der Waals surface area (Å²) in [6.07, 6.45) is 63.1. The van der Waals surface area contributed by atoms with Gasteiger partial charge in [-0.3, -0.25) is 9.59 Å². The van der Waals surface area contributed by atoms with Crippen molar-refractivity contribution in [1.82, 2.24) is 0 Å². The number of rotatable bonds is 50. The van der Waals surface area contributed by atoms with Crippen molar-refractivity contribution in [2.45, 2.75) is 290 Å². The molecule has 358 valence electrons. The summed E-state index contributed by atoms with van der Waals surface area (Å²) in [5.41, 5.74) is 0. The summed E-state index contributed by atoms with van der Waals surface area (Å²) < 4.78 is 17.4.